The van der Waals surface area contributed by atoms with Gasteiger partial charge in [-0.15, -0.1) is 11.8 Å². The van der Waals surface area contributed by atoms with Gasteiger partial charge in [0.05, 0.1) is 6.54 Å². The minimum atomic E-state index is -2.34. The number of carbonyl (C=O) groups is 2. The number of aliphatic carboxylic acids is 1. The second-order valence-corrected chi connectivity index (χ2v) is 8.02. The van der Waals surface area contributed by atoms with Crippen LogP contribution in [0, 0.1) is 13.8 Å². The zero-order valence-electron chi connectivity index (χ0n) is 15.4. The minimum Gasteiger partial charge on any atom is -0.479 e. The van der Waals surface area contributed by atoms with Gasteiger partial charge in [-0.05, 0) is 43.2 Å². The Balaban J connectivity index is 1.69. The fourth-order valence-corrected chi connectivity index (χ4v) is 4.19. The third-order valence-corrected chi connectivity index (χ3v) is 6.03. The highest BCUT2D eigenvalue weighted by molar-refractivity contribution is 7.98. The first-order chi connectivity index (χ1) is 12.8. The van der Waals surface area contributed by atoms with Crippen LogP contribution in [-0.2, 0) is 10.5 Å². The lowest BCUT2D eigenvalue weighted by atomic mass is 10.1. The Labute approximate surface area is 162 Å². The number of halogens is 1. The van der Waals surface area contributed by atoms with Gasteiger partial charge in [0.25, 0.3) is 5.91 Å². The Morgan fingerprint density at radius 2 is 2.00 bits per heavy atom. The van der Waals surface area contributed by atoms with E-state index in [9.17, 15) is 14.0 Å². The smallest absolute Gasteiger partial charge is 0.343 e. The molecule has 27 heavy (non-hydrogen) atoms. The van der Waals surface area contributed by atoms with Crippen molar-refractivity contribution in [3.05, 3.63) is 64.7 Å². The van der Waals surface area contributed by atoms with Crippen LogP contribution in [0.5, 0.6) is 0 Å². The number of hydrogen-bond donors (Lipinski definition) is 1. The Morgan fingerprint density at radius 1 is 1.22 bits per heavy atom. The van der Waals surface area contributed by atoms with Gasteiger partial charge in [-0.1, -0.05) is 29.8 Å². The molecule has 1 atom stereocenters. The van der Waals surface area contributed by atoms with Gasteiger partial charge < -0.3 is 10.0 Å². The van der Waals surface area contributed by atoms with Crippen molar-refractivity contribution in [2.75, 3.05) is 13.1 Å². The number of hydrogen-bond acceptors (Lipinski definition) is 3. The fraction of sp³-hybridized carbons (Fsp3) is 0.333. The number of nitrogens with zero attached hydrogens (tertiary/aromatic N) is 1. The molecule has 0 aliphatic carbocycles. The van der Waals surface area contributed by atoms with Gasteiger partial charge in [0.1, 0.15) is 0 Å². The van der Waals surface area contributed by atoms with Gasteiger partial charge in [-0.25, -0.2) is 9.18 Å². The van der Waals surface area contributed by atoms with Crippen LogP contribution in [0.15, 0.2) is 47.4 Å². The van der Waals surface area contributed by atoms with Crippen LogP contribution in [0.25, 0.3) is 0 Å². The number of rotatable bonds is 5. The Bertz CT molecular complexity index is 885. The summed E-state index contributed by atoms with van der Waals surface area (Å²) in [6, 6.07) is 13.6. The van der Waals surface area contributed by atoms with Crippen molar-refractivity contribution in [1.29, 1.82) is 0 Å². The van der Waals surface area contributed by atoms with Crippen LogP contribution in [-0.4, -0.2) is 40.6 Å². The van der Waals surface area contributed by atoms with Crippen molar-refractivity contribution in [3.8, 4) is 0 Å². The molecule has 0 bridgehead atoms. The molecule has 1 amide bonds. The Kier molecular flexibility index (Phi) is 5.56. The monoisotopic (exact) mass is 387 g/mol. The highest BCUT2D eigenvalue weighted by Gasteiger charge is 2.46. The van der Waals surface area contributed by atoms with Crippen molar-refractivity contribution in [1.82, 2.24) is 4.90 Å². The first-order valence-corrected chi connectivity index (χ1v) is 9.78. The van der Waals surface area contributed by atoms with E-state index in [0.29, 0.717) is 11.3 Å². The van der Waals surface area contributed by atoms with Crippen LogP contribution in [0.1, 0.15) is 33.5 Å². The number of amides is 1. The summed E-state index contributed by atoms with van der Waals surface area (Å²) in [5.41, 5.74) is 1.53. The molecule has 2 aromatic carbocycles. The minimum absolute atomic E-state index is 0.114. The van der Waals surface area contributed by atoms with Crippen molar-refractivity contribution >= 4 is 23.6 Å². The van der Waals surface area contributed by atoms with Gasteiger partial charge in [-0.3, -0.25) is 4.79 Å². The van der Waals surface area contributed by atoms with Crippen LogP contribution < -0.4 is 0 Å². The summed E-state index contributed by atoms with van der Waals surface area (Å²) in [4.78, 5) is 26.2. The van der Waals surface area contributed by atoms with E-state index in [1.165, 1.54) is 20.9 Å². The van der Waals surface area contributed by atoms with Crippen molar-refractivity contribution in [2.24, 2.45) is 0 Å². The molecular formula is C21H22FNO3S. The van der Waals surface area contributed by atoms with Crippen LogP contribution in [0.4, 0.5) is 4.39 Å². The highest BCUT2D eigenvalue weighted by Crippen LogP contribution is 2.29. The summed E-state index contributed by atoms with van der Waals surface area (Å²) in [6.45, 7) is 3.84. The first-order valence-electron chi connectivity index (χ1n) is 8.79. The predicted molar refractivity (Wildman–Crippen MR) is 104 cm³/mol. The molecule has 1 aliphatic rings. The van der Waals surface area contributed by atoms with Gasteiger partial charge in [0, 0.05) is 29.2 Å². The van der Waals surface area contributed by atoms with Gasteiger partial charge in [-0.2, -0.15) is 0 Å². The summed E-state index contributed by atoms with van der Waals surface area (Å²) in [5, 5.41) is 8.99. The summed E-state index contributed by atoms with van der Waals surface area (Å²) >= 11 is 1.71. The molecule has 142 valence electrons. The second kappa shape index (κ2) is 7.72. The number of carbonyl (C=O) groups excluding carboxylic acids is 1. The molecule has 1 saturated heterocycles. The average Bonchev–Trinajstić information content (AvgIpc) is 3.06. The van der Waals surface area contributed by atoms with Gasteiger partial charge in [0.15, 0.2) is 0 Å². The zero-order valence-corrected chi connectivity index (χ0v) is 16.2. The molecule has 3 rings (SSSR count). The molecule has 6 heteroatoms. The van der Waals surface area contributed by atoms with Gasteiger partial charge >= 0.3 is 5.97 Å². The molecule has 1 unspecified atom stereocenters. The molecule has 0 radical (unpaired) electrons. The van der Waals surface area contributed by atoms with Crippen molar-refractivity contribution < 1.29 is 19.1 Å². The van der Waals surface area contributed by atoms with E-state index in [0.717, 1.165) is 5.56 Å². The molecule has 1 heterocycles. The third-order valence-electron chi connectivity index (χ3n) is 4.80. The number of likely N-dealkylation sites (tertiary alicyclic amines) is 1. The van der Waals surface area contributed by atoms with E-state index in [4.69, 9.17) is 5.11 Å². The topological polar surface area (TPSA) is 57.6 Å². The lowest BCUT2D eigenvalue weighted by Crippen LogP contribution is -2.38. The number of alkyl halides is 1. The molecule has 2 aromatic rings. The molecule has 0 saturated carbocycles. The largest absolute Gasteiger partial charge is 0.479 e. The molecule has 1 N–H and O–H groups in total. The molecule has 1 fully saturated rings. The normalized spacial score (nSPS) is 19.3. The number of benzene rings is 2. The zero-order chi connectivity index (χ0) is 19.6. The molecule has 1 aliphatic heterocycles. The summed E-state index contributed by atoms with van der Waals surface area (Å²) < 4.78 is 14.2. The third kappa shape index (κ3) is 4.33. The maximum atomic E-state index is 14.2. The summed E-state index contributed by atoms with van der Waals surface area (Å²) in [7, 11) is 0. The number of thioether (sulfide) groups is 1. The van der Waals surface area contributed by atoms with Gasteiger partial charge in [0.2, 0.25) is 5.67 Å². The lowest BCUT2D eigenvalue weighted by molar-refractivity contribution is -0.149. The molecule has 4 nitrogen and oxygen atoms in total. The quantitative estimate of drug-likeness (QED) is 0.780. The maximum absolute atomic E-state index is 14.2. The fourth-order valence-electron chi connectivity index (χ4n) is 3.12. The molecular weight excluding hydrogens is 365 g/mol. The number of aryl methyl sites for hydroxylation is 2. The van der Waals surface area contributed by atoms with Crippen molar-refractivity contribution in [2.45, 2.75) is 36.6 Å². The highest BCUT2D eigenvalue weighted by atomic mass is 32.2. The summed E-state index contributed by atoms with van der Waals surface area (Å²) in [5.74, 6) is -1.11. The Hall–Kier alpha value is -2.34. The van der Waals surface area contributed by atoms with Crippen LogP contribution in [0.3, 0.4) is 0 Å². The SMILES string of the molecule is Cc1ccc(C)c(SCc2cccc(C(=O)N3CCC(F)(C(=O)O)C3)c2)c1. The standard InChI is InChI=1S/C21H22FNO3S/c1-14-6-7-15(2)18(10-14)27-12-16-4-3-5-17(11-16)19(24)23-9-8-21(22,13-23)20(25)26/h3-7,10-11H,8-9,12-13H2,1-2H3,(H,25,26). The number of carboxylic acid groups (broad SMARTS) is 1. The predicted octanol–water partition coefficient (Wildman–Crippen LogP) is 4.23. The summed E-state index contributed by atoms with van der Waals surface area (Å²) in [6.07, 6.45) is -0.170. The first kappa shape index (κ1) is 19.4. The van der Waals surface area contributed by atoms with E-state index < -0.39 is 18.2 Å². The van der Waals surface area contributed by atoms with E-state index in [1.54, 1.807) is 23.9 Å². The van der Waals surface area contributed by atoms with E-state index in [2.05, 4.69) is 32.0 Å². The van der Waals surface area contributed by atoms with Crippen molar-refractivity contribution in [3.63, 3.8) is 0 Å². The van der Waals surface area contributed by atoms with Crippen LogP contribution >= 0.6 is 11.8 Å². The Morgan fingerprint density at radius 3 is 2.70 bits per heavy atom. The van der Waals surface area contributed by atoms with Crippen LogP contribution in [0.2, 0.25) is 0 Å². The molecule has 0 spiro atoms. The van der Waals surface area contributed by atoms with E-state index >= 15 is 0 Å². The molecule has 0 aromatic heterocycles. The average molecular weight is 387 g/mol. The van der Waals surface area contributed by atoms with E-state index in [1.807, 2.05) is 12.1 Å². The number of carboxylic acids is 1. The van der Waals surface area contributed by atoms with E-state index in [-0.39, 0.29) is 18.9 Å². The maximum Gasteiger partial charge on any atom is 0.343 e. The lowest BCUT2D eigenvalue weighted by Gasteiger charge is -2.18. The second-order valence-electron chi connectivity index (χ2n) is 7.01.